The normalized spacial score (nSPS) is 19.9. The van der Waals surface area contributed by atoms with Crippen LogP contribution in [0.2, 0.25) is 0 Å². The maximum Gasteiger partial charge on any atom is 0.328 e. The van der Waals surface area contributed by atoms with Crippen molar-refractivity contribution in [2.24, 2.45) is 0 Å². The molecule has 6 nitrogen and oxygen atoms in total. The molecule has 0 bridgehead atoms. The summed E-state index contributed by atoms with van der Waals surface area (Å²) in [7, 11) is 0. The van der Waals surface area contributed by atoms with Gasteiger partial charge in [-0.15, -0.1) is 12.3 Å². The van der Waals surface area contributed by atoms with E-state index in [2.05, 4.69) is 11.2 Å². The van der Waals surface area contributed by atoms with E-state index in [4.69, 9.17) is 16.3 Å². The van der Waals surface area contributed by atoms with Crippen LogP contribution in [0, 0.1) is 12.3 Å². The van der Waals surface area contributed by atoms with Gasteiger partial charge in [0, 0.05) is 19.5 Å². The van der Waals surface area contributed by atoms with Crippen LogP contribution in [-0.4, -0.2) is 54.4 Å². The number of carbonyl (C=O) groups excluding carboxylic acids is 1. The highest BCUT2D eigenvalue weighted by atomic mass is 16.5. The van der Waals surface area contributed by atoms with Crippen molar-refractivity contribution in [1.29, 1.82) is 0 Å². The molecular weight excluding hydrogens is 212 g/mol. The van der Waals surface area contributed by atoms with E-state index in [0.29, 0.717) is 19.6 Å². The number of carboxylic acid groups (broad SMARTS) is 1. The fourth-order valence-electron chi connectivity index (χ4n) is 1.39. The van der Waals surface area contributed by atoms with Gasteiger partial charge in [0.25, 0.3) is 0 Å². The molecule has 1 unspecified atom stereocenters. The van der Waals surface area contributed by atoms with Crippen LogP contribution in [0.15, 0.2) is 0 Å². The molecule has 1 aliphatic heterocycles. The third kappa shape index (κ3) is 3.14. The number of rotatable bonds is 3. The third-order valence-corrected chi connectivity index (χ3v) is 2.22. The summed E-state index contributed by atoms with van der Waals surface area (Å²) in [4.78, 5) is 23.7. The SMILES string of the molecule is C#CCCNC(=O)N1CCOCC1C(=O)O. The van der Waals surface area contributed by atoms with E-state index in [-0.39, 0.29) is 13.2 Å². The summed E-state index contributed by atoms with van der Waals surface area (Å²) in [5, 5.41) is 11.5. The number of ether oxygens (including phenoxy) is 1. The van der Waals surface area contributed by atoms with E-state index in [1.165, 1.54) is 4.90 Å². The van der Waals surface area contributed by atoms with Gasteiger partial charge < -0.3 is 20.1 Å². The van der Waals surface area contributed by atoms with E-state index in [0.717, 1.165) is 0 Å². The van der Waals surface area contributed by atoms with Crippen LogP contribution in [0.3, 0.4) is 0 Å². The summed E-state index contributed by atoms with van der Waals surface area (Å²) in [5.41, 5.74) is 0. The molecule has 1 atom stereocenters. The number of nitrogens with zero attached hydrogens (tertiary/aromatic N) is 1. The number of hydrogen-bond acceptors (Lipinski definition) is 3. The Labute approximate surface area is 93.6 Å². The first kappa shape index (κ1) is 12.3. The number of aliphatic carboxylic acids is 1. The molecule has 0 aromatic heterocycles. The number of amides is 2. The molecule has 0 aliphatic carbocycles. The molecule has 1 fully saturated rings. The molecule has 1 saturated heterocycles. The van der Waals surface area contributed by atoms with E-state index < -0.39 is 18.0 Å². The van der Waals surface area contributed by atoms with Crippen molar-refractivity contribution in [3.8, 4) is 12.3 Å². The second kappa shape index (κ2) is 5.98. The van der Waals surface area contributed by atoms with Crippen molar-refractivity contribution in [1.82, 2.24) is 10.2 Å². The van der Waals surface area contributed by atoms with Crippen molar-refractivity contribution in [3.05, 3.63) is 0 Å². The van der Waals surface area contributed by atoms with Crippen molar-refractivity contribution in [2.45, 2.75) is 12.5 Å². The molecule has 2 N–H and O–H groups in total. The molecule has 1 aliphatic rings. The molecule has 0 aromatic rings. The average Bonchev–Trinajstić information content (AvgIpc) is 2.29. The smallest absolute Gasteiger partial charge is 0.328 e. The maximum absolute atomic E-state index is 11.6. The molecule has 88 valence electrons. The van der Waals surface area contributed by atoms with Crippen LogP contribution in [0.5, 0.6) is 0 Å². The Bertz CT molecular complexity index is 310. The summed E-state index contributed by atoms with van der Waals surface area (Å²) in [5.74, 6) is 1.32. The number of nitrogens with one attached hydrogen (secondary N) is 1. The Morgan fingerprint density at radius 3 is 3.00 bits per heavy atom. The number of carboxylic acids is 1. The first-order chi connectivity index (χ1) is 7.66. The topological polar surface area (TPSA) is 78.9 Å². The third-order valence-electron chi connectivity index (χ3n) is 2.22. The van der Waals surface area contributed by atoms with Gasteiger partial charge in [-0.2, -0.15) is 0 Å². The molecule has 0 aromatic carbocycles. The van der Waals surface area contributed by atoms with Gasteiger partial charge in [0.05, 0.1) is 13.2 Å². The van der Waals surface area contributed by atoms with E-state index >= 15 is 0 Å². The van der Waals surface area contributed by atoms with Crippen LogP contribution in [0.1, 0.15) is 6.42 Å². The number of terminal acetylenes is 1. The van der Waals surface area contributed by atoms with Crippen LogP contribution >= 0.6 is 0 Å². The van der Waals surface area contributed by atoms with Gasteiger partial charge in [-0.25, -0.2) is 9.59 Å². The Morgan fingerprint density at radius 1 is 1.62 bits per heavy atom. The van der Waals surface area contributed by atoms with Crippen molar-refractivity contribution < 1.29 is 19.4 Å². The summed E-state index contributed by atoms with van der Waals surface area (Å²) < 4.78 is 5.01. The van der Waals surface area contributed by atoms with Crippen LogP contribution < -0.4 is 5.32 Å². The summed E-state index contributed by atoms with van der Waals surface area (Å²) in [6.07, 6.45) is 5.46. The van der Waals surface area contributed by atoms with Gasteiger partial charge in [-0.05, 0) is 0 Å². The molecule has 2 amide bonds. The van der Waals surface area contributed by atoms with Gasteiger partial charge in [-0.3, -0.25) is 0 Å². The van der Waals surface area contributed by atoms with Crippen molar-refractivity contribution in [2.75, 3.05) is 26.3 Å². The van der Waals surface area contributed by atoms with Gasteiger partial charge in [0.1, 0.15) is 0 Å². The molecule has 1 rings (SSSR count). The zero-order valence-electron chi connectivity index (χ0n) is 8.81. The predicted molar refractivity (Wildman–Crippen MR) is 55.8 cm³/mol. The van der Waals surface area contributed by atoms with E-state index in [1.807, 2.05) is 0 Å². The fraction of sp³-hybridized carbons (Fsp3) is 0.600. The highest BCUT2D eigenvalue weighted by Crippen LogP contribution is 2.07. The van der Waals surface area contributed by atoms with Gasteiger partial charge in [0.15, 0.2) is 6.04 Å². The number of hydrogen-bond donors (Lipinski definition) is 2. The Kier molecular flexibility index (Phi) is 4.61. The Hall–Kier alpha value is -1.74. The molecule has 0 spiro atoms. The summed E-state index contributed by atoms with van der Waals surface area (Å²) in [6, 6.07) is -1.33. The lowest BCUT2D eigenvalue weighted by molar-refractivity contribution is -0.147. The van der Waals surface area contributed by atoms with Gasteiger partial charge in [0.2, 0.25) is 0 Å². The minimum atomic E-state index is -1.06. The molecular formula is C10H14N2O4. The van der Waals surface area contributed by atoms with E-state index in [9.17, 15) is 9.59 Å². The fourth-order valence-corrected chi connectivity index (χ4v) is 1.39. The minimum Gasteiger partial charge on any atom is -0.480 e. The number of morpholine rings is 1. The lowest BCUT2D eigenvalue weighted by Crippen LogP contribution is -2.55. The Balaban J connectivity index is 2.51. The monoisotopic (exact) mass is 226 g/mol. The van der Waals surface area contributed by atoms with Crippen molar-refractivity contribution in [3.63, 3.8) is 0 Å². The second-order valence-electron chi connectivity index (χ2n) is 3.31. The largest absolute Gasteiger partial charge is 0.480 e. The average molecular weight is 226 g/mol. The quantitative estimate of drug-likeness (QED) is 0.502. The lowest BCUT2D eigenvalue weighted by Gasteiger charge is -2.32. The predicted octanol–water partition coefficient (Wildman–Crippen LogP) is -0.495. The highest BCUT2D eigenvalue weighted by molar-refractivity contribution is 5.82. The molecule has 1 heterocycles. The minimum absolute atomic E-state index is 0.0257. The second-order valence-corrected chi connectivity index (χ2v) is 3.31. The Morgan fingerprint density at radius 2 is 2.38 bits per heavy atom. The van der Waals surface area contributed by atoms with Gasteiger partial charge >= 0.3 is 12.0 Å². The lowest BCUT2D eigenvalue weighted by atomic mass is 10.2. The van der Waals surface area contributed by atoms with Crippen molar-refractivity contribution >= 4 is 12.0 Å². The summed E-state index contributed by atoms with van der Waals surface area (Å²) in [6.45, 7) is 1.00. The first-order valence-corrected chi connectivity index (χ1v) is 4.95. The molecule has 6 heteroatoms. The molecule has 0 saturated carbocycles. The maximum atomic E-state index is 11.6. The highest BCUT2D eigenvalue weighted by Gasteiger charge is 2.32. The van der Waals surface area contributed by atoms with Gasteiger partial charge in [-0.1, -0.05) is 0 Å². The number of carbonyl (C=O) groups is 2. The van der Waals surface area contributed by atoms with Crippen LogP contribution in [0.4, 0.5) is 4.79 Å². The van der Waals surface area contributed by atoms with Crippen LogP contribution in [-0.2, 0) is 9.53 Å². The summed E-state index contributed by atoms with van der Waals surface area (Å²) >= 11 is 0. The van der Waals surface area contributed by atoms with E-state index in [1.54, 1.807) is 0 Å². The number of urea groups is 1. The zero-order chi connectivity index (χ0) is 12.0. The molecule has 16 heavy (non-hydrogen) atoms. The zero-order valence-corrected chi connectivity index (χ0v) is 8.81. The molecule has 0 radical (unpaired) electrons. The van der Waals surface area contributed by atoms with Crippen LogP contribution in [0.25, 0.3) is 0 Å². The standard InChI is InChI=1S/C10H14N2O4/c1-2-3-4-11-10(15)12-5-6-16-7-8(12)9(13)14/h1,8H,3-7H2,(H,11,15)(H,13,14). The first-order valence-electron chi connectivity index (χ1n) is 4.95.